The number of aliphatic carboxylic acids is 2. The summed E-state index contributed by atoms with van der Waals surface area (Å²) in [4.78, 5) is 23.5. The topological polar surface area (TPSA) is 93.1 Å². The Hall–Kier alpha value is -1.21. The van der Waals surface area contributed by atoms with Gasteiger partial charge in [0.25, 0.3) is 0 Å². The number of carboxylic acids is 2. The van der Waals surface area contributed by atoms with Crippen molar-refractivity contribution < 1.29 is 29.3 Å². The third kappa shape index (κ3) is 5.92. The lowest BCUT2D eigenvalue weighted by atomic mass is 9.97. The van der Waals surface area contributed by atoms with Gasteiger partial charge in [0.1, 0.15) is 5.76 Å². The highest BCUT2D eigenvalue weighted by Crippen LogP contribution is 2.43. The molecule has 0 fully saturated rings. The first-order chi connectivity index (χ1) is 12.0. The van der Waals surface area contributed by atoms with E-state index in [4.69, 9.17) is 9.47 Å². The van der Waals surface area contributed by atoms with Gasteiger partial charge >= 0.3 is 11.9 Å². The fraction of sp³-hybridized carbons (Fsp3) is 0.778. The van der Waals surface area contributed by atoms with Gasteiger partial charge < -0.3 is 19.7 Å². The second-order valence-corrected chi connectivity index (χ2v) is 7.17. The van der Waals surface area contributed by atoms with Gasteiger partial charge in [-0.05, 0) is 12.8 Å². The van der Waals surface area contributed by atoms with Crippen LogP contribution < -0.4 is 0 Å². The second kappa shape index (κ2) is 11.4. The molecule has 2 unspecified atom stereocenters. The number of carboxylic acid groups (broad SMARTS) is 2. The molecule has 1 aliphatic heterocycles. The van der Waals surface area contributed by atoms with Gasteiger partial charge in [-0.2, -0.15) is 0 Å². The summed E-state index contributed by atoms with van der Waals surface area (Å²) in [7, 11) is 0. The average Bonchev–Trinajstić information content (AvgIpc) is 2.94. The summed E-state index contributed by atoms with van der Waals surface area (Å²) >= 11 is 0.938. The molecule has 0 amide bonds. The Balaban J connectivity index is 2.77. The number of unbranched alkanes of at least 4 members (excludes halogenated alkanes) is 6. The molecule has 0 aromatic rings. The Kier molecular flexibility index (Phi) is 9.97. The quantitative estimate of drug-likeness (QED) is 0.443. The summed E-state index contributed by atoms with van der Waals surface area (Å²) in [5, 5.41) is 19.5. The van der Waals surface area contributed by atoms with E-state index in [9.17, 15) is 19.8 Å². The molecule has 0 aromatic heterocycles. The maximum atomic E-state index is 12.0. The largest absolute Gasteiger partial charge is 0.494 e. The molecule has 1 aliphatic rings. The van der Waals surface area contributed by atoms with Gasteiger partial charge in [0, 0.05) is 12.0 Å². The van der Waals surface area contributed by atoms with E-state index < -0.39 is 22.8 Å². The van der Waals surface area contributed by atoms with E-state index in [1.165, 1.54) is 5.41 Å². The second-order valence-electron chi connectivity index (χ2n) is 6.20. The molecular formula is C18H30O6S. The lowest BCUT2D eigenvalue weighted by Gasteiger charge is -2.31. The minimum Gasteiger partial charge on any atom is -0.494 e. The van der Waals surface area contributed by atoms with Crippen LogP contribution in [-0.4, -0.2) is 46.2 Å². The zero-order valence-corrected chi connectivity index (χ0v) is 16.0. The molecule has 144 valence electrons. The highest BCUT2D eigenvalue weighted by Gasteiger charge is 2.59. The smallest absolute Gasteiger partial charge is 0.345 e. The Bertz CT molecular complexity index is 464. The summed E-state index contributed by atoms with van der Waals surface area (Å²) in [6.07, 6.45) is 7.71. The summed E-state index contributed by atoms with van der Waals surface area (Å²) in [6.45, 7) is 4.76. The molecule has 0 aromatic carbocycles. The van der Waals surface area contributed by atoms with Crippen molar-refractivity contribution in [2.45, 2.75) is 76.1 Å². The summed E-state index contributed by atoms with van der Waals surface area (Å²) in [6, 6.07) is 0. The van der Waals surface area contributed by atoms with Crippen LogP contribution in [0, 0.1) is 0 Å². The fourth-order valence-electron chi connectivity index (χ4n) is 2.71. The van der Waals surface area contributed by atoms with E-state index in [0.717, 1.165) is 56.7 Å². The first-order valence-electron chi connectivity index (χ1n) is 9.09. The minimum absolute atomic E-state index is 0.115. The van der Waals surface area contributed by atoms with Crippen LogP contribution in [0.1, 0.15) is 65.2 Å². The van der Waals surface area contributed by atoms with Crippen LogP contribution in [0.25, 0.3) is 0 Å². The maximum absolute atomic E-state index is 12.0. The van der Waals surface area contributed by atoms with Gasteiger partial charge in [-0.1, -0.05) is 52.4 Å². The molecule has 0 saturated heterocycles. The van der Waals surface area contributed by atoms with Crippen LogP contribution in [0.4, 0.5) is 0 Å². The van der Waals surface area contributed by atoms with Crippen LogP contribution >= 0.6 is 11.8 Å². The monoisotopic (exact) mass is 374 g/mol. The van der Waals surface area contributed by atoms with Crippen LogP contribution in [0.5, 0.6) is 0 Å². The molecule has 1 rings (SSSR count). The van der Waals surface area contributed by atoms with Crippen LogP contribution in [0.2, 0.25) is 0 Å². The molecule has 0 saturated carbocycles. The highest BCUT2D eigenvalue weighted by molar-refractivity contribution is 8.03. The molecule has 0 spiro atoms. The Morgan fingerprint density at radius 1 is 1.04 bits per heavy atom. The number of hydrogen-bond acceptors (Lipinski definition) is 5. The molecule has 25 heavy (non-hydrogen) atoms. The summed E-state index contributed by atoms with van der Waals surface area (Å²) in [5.74, 6) is -2.40. The SMILES string of the molecule is CCCCCCOC1=CSC(C(=O)O)C1(OCCCCCC)C(=O)O. The number of ether oxygens (including phenoxy) is 2. The van der Waals surface area contributed by atoms with Crippen molar-refractivity contribution in [3.8, 4) is 0 Å². The third-order valence-corrected chi connectivity index (χ3v) is 5.33. The van der Waals surface area contributed by atoms with Crippen molar-refractivity contribution in [3.05, 3.63) is 11.2 Å². The Morgan fingerprint density at radius 3 is 2.16 bits per heavy atom. The highest BCUT2D eigenvalue weighted by atomic mass is 32.2. The Labute approximate surface area is 154 Å². The first kappa shape index (κ1) is 21.8. The molecule has 0 aliphatic carbocycles. The van der Waals surface area contributed by atoms with E-state index in [1.807, 2.05) is 0 Å². The number of carbonyl (C=O) groups is 2. The van der Waals surface area contributed by atoms with Crippen molar-refractivity contribution in [1.82, 2.24) is 0 Å². The third-order valence-electron chi connectivity index (χ3n) is 4.17. The van der Waals surface area contributed by atoms with E-state index in [0.29, 0.717) is 13.0 Å². The van der Waals surface area contributed by atoms with Crippen LogP contribution in [0.3, 0.4) is 0 Å². The first-order valence-corrected chi connectivity index (χ1v) is 10.0. The summed E-state index contributed by atoms with van der Waals surface area (Å²) < 4.78 is 11.3. The molecule has 7 heteroatoms. The van der Waals surface area contributed by atoms with Crippen molar-refractivity contribution >= 4 is 23.7 Å². The van der Waals surface area contributed by atoms with E-state index in [-0.39, 0.29) is 12.4 Å². The van der Waals surface area contributed by atoms with Crippen LogP contribution in [0.15, 0.2) is 11.2 Å². The molecule has 0 bridgehead atoms. The van der Waals surface area contributed by atoms with Gasteiger partial charge in [-0.25, -0.2) is 4.79 Å². The Morgan fingerprint density at radius 2 is 1.64 bits per heavy atom. The standard InChI is InChI=1S/C18H30O6S/c1-3-5-7-9-11-23-14-13-25-15(16(19)20)18(14,17(21)22)24-12-10-8-6-4-2/h13,15H,3-12H2,1-2H3,(H,19,20)(H,21,22). The summed E-state index contributed by atoms with van der Waals surface area (Å²) in [5.41, 5.74) is -1.94. The predicted octanol–water partition coefficient (Wildman–Crippen LogP) is 4.05. The van der Waals surface area contributed by atoms with Gasteiger partial charge in [-0.3, -0.25) is 4.79 Å². The number of thioether (sulfide) groups is 1. The molecular weight excluding hydrogens is 344 g/mol. The van der Waals surface area contributed by atoms with E-state index in [1.54, 1.807) is 0 Å². The normalized spacial score (nSPS) is 22.6. The predicted molar refractivity (Wildman–Crippen MR) is 97.7 cm³/mol. The van der Waals surface area contributed by atoms with Gasteiger partial charge in [0.15, 0.2) is 5.25 Å². The molecule has 2 N–H and O–H groups in total. The van der Waals surface area contributed by atoms with Gasteiger partial charge in [0.05, 0.1) is 6.61 Å². The molecule has 0 radical (unpaired) electrons. The lowest BCUT2D eigenvalue weighted by Crippen LogP contribution is -2.53. The fourth-order valence-corrected chi connectivity index (χ4v) is 3.81. The van der Waals surface area contributed by atoms with Gasteiger partial charge in [0.2, 0.25) is 5.60 Å². The zero-order chi connectivity index (χ0) is 18.7. The van der Waals surface area contributed by atoms with E-state index in [2.05, 4.69) is 13.8 Å². The van der Waals surface area contributed by atoms with E-state index >= 15 is 0 Å². The number of rotatable bonds is 14. The van der Waals surface area contributed by atoms with Crippen molar-refractivity contribution in [3.63, 3.8) is 0 Å². The molecule has 1 heterocycles. The average molecular weight is 374 g/mol. The lowest BCUT2D eigenvalue weighted by molar-refractivity contribution is -0.171. The minimum atomic E-state index is -1.94. The van der Waals surface area contributed by atoms with Gasteiger partial charge in [-0.15, -0.1) is 11.8 Å². The zero-order valence-electron chi connectivity index (χ0n) is 15.2. The number of hydrogen-bond donors (Lipinski definition) is 2. The maximum Gasteiger partial charge on any atom is 0.345 e. The molecule has 2 atom stereocenters. The van der Waals surface area contributed by atoms with Crippen molar-refractivity contribution in [2.75, 3.05) is 13.2 Å². The van der Waals surface area contributed by atoms with Crippen molar-refractivity contribution in [1.29, 1.82) is 0 Å². The molecule has 6 nitrogen and oxygen atoms in total. The van der Waals surface area contributed by atoms with Crippen LogP contribution in [-0.2, 0) is 19.1 Å². The van der Waals surface area contributed by atoms with Crippen molar-refractivity contribution in [2.24, 2.45) is 0 Å².